The van der Waals surface area contributed by atoms with Crippen molar-refractivity contribution in [2.75, 3.05) is 13.2 Å². The highest BCUT2D eigenvalue weighted by molar-refractivity contribution is 6.31. The molecule has 32 heavy (non-hydrogen) atoms. The van der Waals surface area contributed by atoms with Gasteiger partial charge in [-0.1, -0.05) is 60.1 Å². The zero-order valence-corrected chi connectivity index (χ0v) is 17.8. The number of aliphatic hydroxyl groups excluding tert-OH is 2. The molecule has 2 atom stereocenters. The Balaban J connectivity index is 1.29. The highest BCUT2D eigenvalue weighted by Gasteiger charge is 2.29. The molecule has 1 aliphatic rings. The van der Waals surface area contributed by atoms with E-state index in [0.717, 1.165) is 34.5 Å². The maximum absolute atomic E-state index is 13.3. The average Bonchev–Trinajstić information content (AvgIpc) is 3.12. The molecule has 0 fully saturated rings. The summed E-state index contributed by atoms with van der Waals surface area (Å²) in [5.74, 6) is -0.864. The lowest BCUT2D eigenvalue weighted by atomic mass is 9.98. The second-order valence-electron chi connectivity index (χ2n) is 7.58. The lowest BCUT2D eigenvalue weighted by Crippen LogP contribution is -2.30. The lowest BCUT2D eigenvalue weighted by Gasteiger charge is -2.19. The highest BCUT2D eigenvalue weighted by atomic mass is 35.5. The van der Waals surface area contributed by atoms with Gasteiger partial charge in [0.1, 0.15) is 12.7 Å². The van der Waals surface area contributed by atoms with Crippen LogP contribution in [0.3, 0.4) is 0 Å². The van der Waals surface area contributed by atoms with Crippen LogP contribution >= 0.6 is 11.6 Å². The van der Waals surface area contributed by atoms with Gasteiger partial charge in [0.05, 0.1) is 11.1 Å². The average molecular weight is 457 g/mol. The lowest BCUT2D eigenvalue weighted by molar-refractivity contribution is 0.0135. The summed E-state index contributed by atoms with van der Waals surface area (Å²) in [4.78, 5) is 15.6. The van der Waals surface area contributed by atoms with Gasteiger partial charge in [-0.3, -0.25) is 0 Å². The number of amides is 1. The molecule has 3 N–H and O–H groups in total. The van der Waals surface area contributed by atoms with Crippen molar-refractivity contribution in [2.45, 2.75) is 24.5 Å². The first-order chi connectivity index (χ1) is 15.5. The molecule has 0 saturated heterocycles. The summed E-state index contributed by atoms with van der Waals surface area (Å²) in [6, 6.07) is 17.0. The molecule has 1 aliphatic carbocycles. The third-order valence-electron chi connectivity index (χ3n) is 5.59. The van der Waals surface area contributed by atoms with E-state index in [1.54, 1.807) is 0 Å². The number of hydrogen-bond acceptors (Lipinski definition) is 5. The monoisotopic (exact) mass is 456 g/mol. The predicted molar refractivity (Wildman–Crippen MR) is 118 cm³/mol. The molecule has 0 aliphatic heterocycles. The van der Waals surface area contributed by atoms with E-state index in [1.807, 2.05) is 36.4 Å². The van der Waals surface area contributed by atoms with Gasteiger partial charge < -0.3 is 20.3 Å². The van der Waals surface area contributed by atoms with Gasteiger partial charge in [-0.2, -0.15) is 4.39 Å². The number of nitrogens with zero attached hydrogens (tertiary/aromatic N) is 1. The van der Waals surface area contributed by atoms with Gasteiger partial charge in [0.2, 0.25) is 5.95 Å². The molecule has 0 bridgehead atoms. The molecular weight excluding hydrogens is 435 g/mol. The van der Waals surface area contributed by atoms with Crippen LogP contribution in [0, 0.1) is 5.95 Å². The van der Waals surface area contributed by atoms with E-state index in [1.165, 1.54) is 0 Å². The predicted octanol–water partition coefficient (Wildman–Crippen LogP) is 4.20. The summed E-state index contributed by atoms with van der Waals surface area (Å²) in [5, 5.41) is 23.0. The molecule has 3 aromatic rings. The Kier molecular flexibility index (Phi) is 6.69. The van der Waals surface area contributed by atoms with Crippen molar-refractivity contribution < 1.29 is 24.1 Å². The van der Waals surface area contributed by atoms with Crippen LogP contribution < -0.4 is 5.32 Å². The van der Waals surface area contributed by atoms with Crippen molar-refractivity contribution >= 4 is 17.7 Å². The zero-order chi connectivity index (χ0) is 22.7. The molecule has 2 unspecified atom stereocenters. The first-order valence-corrected chi connectivity index (χ1v) is 10.6. The Hall–Kier alpha value is -3.00. The largest absolute Gasteiger partial charge is 0.449 e. The first-order valence-electron chi connectivity index (χ1n) is 10.2. The summed E-state index contributed by atoms with van der Waals surface area (Å²) in [7, 11) is 0. The fraction of sp³-hybridized carbons (Fsp3) is 0.250. The van der Waals surface area contributed by atoms with Crippen molar-refractivity contribution in [1.29, 1.82) is 0 Å². The Bertz CT molecular complexity index is 1080. The van der Waals surface area contributed by atoms with Gasteiger partial charge in [-0.25, -0.2) is 9.78 Å². The SMILES string of the molecule is O=C(NCCC(O)C(O)c1cc(F)ncc1Cl)OCC1c2ccccc2-c2ccccc21. The number of ether oxygens (including phenoxy) is 1. The van der Waals surface area contributed by atoms with Crippen molar-refractivity contribution in [3.8, 4) is 11.1 Å². The Morgan fingerprint density at radius 1 is 1.12 bits per heavy atom. The van der Waals surface area contributed by atoms with E-state index in [4.69, 9.17) is 16.3 Å². The smallest absolute Gasteiger partial charge is 0.407 e. The van der Waals surface area contributed by atoms with Crippen LogP contribution in [0.5, 0.6) is 0 Å². The Morgan fingerprint density at radius 3 is 2.41 bits per heavy atom. The maximum Gasteiger partial charge on any atom is 0.407 e. The van der Waals surface area contributed by atoms with Crippen LogP contribution in [0.15, 0.2) is 60.8 Å². The molecule has 1 amide bonds. The number of fused-ring (bicyclic) bond motifs is 3. The minimum atomic E-state index is -1.41. The fourth-order valence-corrected chi connectivity index (χ4v) is 4.21. The molecule has 0 spiro atoms. The van der Waals surface area contributed by atoms with Crippen LogP contribution in [0.4, 0.5) is 9.18 Å². The molecular formula is C24H22ClFN2O4. The van der Waals surface area contributed by atoms with Crippen molar-refractivity contribution in [2.24, 2.45) is 0 Å². The molecule has 1 aromatic heterocycles. The number of carbonyl (C=O) groups excluding carboxylic acids is 1. The topological polar surface area (TPSA) is 91.7 Å². The van der Waals surface area contributed by atoms with E-state index in [-0.39, 0.29) is 36.1 Å². The molecule has 4 rings (SSSR count). The minimum absolute atomic E-state index is 0.0195. The number of benzene rings is 2. The quantitative estimate of drug-likeness (QED) is 0.463. The third kappa shape index (κ3) is 4.60. The van der Waals surface area contributed by atoms with Gasteiger partial charge in [-0.15, -0.1) is 0 Å². The van der Waals surface area contributed by atoms with Crippen LogP contribution in [-0.4, -0.2) is 40.5 Å². The number of halogens is 2. The number of carbonyl (C=O) groups is 1. The summed E-state index contributed by atoms with van der Waals surface area (Å²) in [6.45, 7) is 0.233. The molecule has 2 aromatic carbocycles. The van der Waals surface area contributed by atoms with Crippen LogP contribution in [0.2, 0.25) is 5.02 Å². The molecule has 0 radical (unpaired) electrons. The van der Waals surface area contributed by atoms with Gasteiger partial charge in [0.25, 0.3) is 0 Å². The second kappa shape index (κ2) is 9.65. The number of nitrogens with one attached hydrogen (secondary N) is 1. The van der Waals surface area contributed by atoms with E-state index >= 15 is 0 Å². The van der Waals surface area contributed by atoms with Gasteiger partial charge in [0.15, 0.2) is 0 Å². The molecule has 1 heterocycles. The van der Waals surface area contributed by atoms with E-state index in [2.05, 4.69) is 22.4 Å². The maximum atomic E-state index is 13.3. The van der Waals surface area contributed by atoms with E-state index in [9.17, 15) is 19.4 Å². The summed E-state index contributed by atoms with van der Waals surface area (Å²) in [6.07, 6.45) is -2.21. The summed E-state index contributed by atoms with van der Waals surface area (Å²) in [5.41, 5.74) is 4.54. The molecule has 0 saturated carbocycles. The van der Waals surface area contributed by atoms with Gasteiger partial charge >= 0.3 is 6.09 Å². The number of aromatic nitrogens is 1. The second-order valence-corrected chi connectivity index (χ2v) is 7.99. The Morgan fingerprint density at radius 2 is 1.75 bits per heavy atom. The van der Waals surface area contributed by atoms with Crippen LogP contribution in [0.1, 0.15) is 35.1 Å². The van der Waals surface area contributed by atoms with Crippen molar-refractivity contribution in [1.82, 2.24) is 10.3 Å². The third-order valence-corrected chi connectivity index (χ3v) is 5.90. The summed E-state index contributed by atoms with van der Waals surface area (Å²) < 4.78 is 18.7. The molecule has 6 nitrogen and oxygen atoms in total. The summed E-state index contributed by atoms with van der Waals surface area (Å²) >= 11 is 5.90. The zero-order valence-electron chi connectivity index (χ0n) is 17.0. The first kappa shape index (κ1) is 22.2. The van der Waals surface area contributed by atoms with E-state index < -0.39 is 24.2 Å². The number of rotatable bonds is 7. The fourth-order valence-electron chi connectivity index (χ4n) is 3.99. The Labute approximate surface area is 189 Å². The van der Waals surface area contributed by atoms with Crippen LogP contribution in [-0.2, 0) is 4.74 Å². The highest BCUT2D eigenvalue weighted by Crippen LogP contribution is 2.44. The van der Waals surface area contributed by atoms with Crippen LogP contribution in [0.25, 0.3) is 11.1 Å². The number of alkyl carbamates (subject to hydrolysis) is 1. The van der Waals surface area contributed by atoms with Crippen molar-refractivity contribution in [3.63, 3.8) is 0 Å². The minimum Gasteiger partial charge on any atom is -0.449 e. The molecule has 166 valence electrons. The molecule has 8 heteroatoms. The number of aliphatic hydroxyl groups is 2. The number of pyridine rings is 1. The normalized spacial score (nSPS) is 14.4. The van der Waals surface area contributed by atoms with Gasteiger partial charge in [0, 0.05) is 30.3 Å². The standard InChI is InChI=1S/C24H22ClFN2O4/c25-20-12-28-22(26)11-18(20)23(30)21(29)9-10-27-24(31)32-13-19-16-7-3-1-5-14(16)15-6-2-4-8-17(15)19/h1-8,11-12,19,21,23,29-30H,9-10,13H2,(H,27,31). The van der Waals surface area contributed by atoms with Crippen molar-refractivity contribution in [3.05, 3.63) is 88.5 Å². The number of hydrogen-bond donors (Lipinski definition) is 3. The van der Waals surface area contributed by atoms with Gasteiger partial charge in [-0.05, 0) is 28.7 Å². The van der Waals surface area contributed by atoms with E-state index in [0.29, 0.717) is 0 Å².